The van der Waals surface area contributed by atoms with Crippen molar-refractivity contribution < 1.29 is 4.79 Å². The molecule has 130 valence electrons. The molecule has 2 aromatic carbocycles. The van der Waals surface area contributed by atoms with E-state index < -0.39 is 5.91 Å². The molecule has 0 atom stereocenters. The van der Waals surface area contributed by atoms with Crippen molar-refractivity contribution in [3.05, 3.63) is 77.9 Å². The summed E-state index contributed by atoms with van der Waals surface area (Å²) in [6.45, 7) is 1.99. The molecule has 0 saturated heterocycles. The maximum absolute atomic E-state index is 12.6. The Morgan fingerprint density at radius 1 is 1.15 bits per heavy atom. The first kappa shape index (κ1) is 17.3. The van der Waals surface area contributed by atoms with Gasteiger partial charge in [0.2, 0.25) is 0 Å². The summed E-state index contributed by atoms with van der Waals surface area (Å²) in [6.07, 6.45) is 5.63. The minimum atomic E-state index is -0.436. The van der Waals surface area contributed by atoms with Crippen LogP contribution >= 0.6 is 0 Å². The first-order valence-corrected chi connectivity index (χ1v) is 8.01. The summed E-state index contributed by atoms with van der Waals surface area (Å²) in [5, 5.41) is 10.3. The normalized spacial score (nSPS) is 11.4. The molecule has 26 heavy (non-hydrogen) atoms. The molecule has 0 aliphatic heterocycles. The van der Waals surface area contributed by atoms with Gasteiger partial charge in [0.15, 0.2) is 0 Å². The number of carbonyl (C=O) groups is 1. The van der Waals surface area contributed by atoms with Crippen molar-refractivity contribution in [2.45, 2.75) is 6.92 Å². The second kappa shape index (κ2) is 7.16. The second-order valence-corrected chi connectivity index (χ2v) is 5.88. The number of benzene rings is 2. The van der Waals surface area contributed by atoms with E-state index in [-0.39, 0.29) is 5.70 Å². The van der Waals surface area contributed by atoms with E-state index >= 15 is 0 Å². The number of rotatable bonds is 4. The van der Waals surface area contributed by atoms with Gasteiger partial charge in [-0.05, 0) is 53.3 Å². The number of nitrogens with zero attached hydrogens (tertiary/aromatic N) is 2. The second-order valence-electron chi connectivity index (χ2n) is 5.88. The lowest BCUT2D eigenvalue weighted by Crippen LogP contribution is -2.37. The first-order chi connectivity index (χ1) is 12.5. The summed E-state index contributed by atoms with van der Waals surface area (Å²) < 4.78 is 0. The van der Waals surface area contributed by atoms with Gasteiger partial charge in [0, 0.05) is 35.8 Å². The lowest BCUT2D eigenvalue weighted by atomic mass is 9.96. The van der Waals surface area contributed by atoms with Crippen molar-refractivity contribution >= 4 is 22.9 Å². The number of hydrazine groups is 1. The van der Waals surface area contributed by atoms with Crippen LogP contribution in [0.15, 0.2) is 66.8 Å². The summed E-state index contributed by atoms with van der Waals surface area (Å²) >= 11 is 0. The number of hydrogen-bond donors (Lipinski definition) is 3. The molecule has 0 aliphatic carbocycles. The smallest absolute Gasteiger partial charge is 0.272 e. The summed E-state index contributed by atoms with van der Waals surface area (Å²) in [4.78, 5) is 16.8. The molecular weight excluding hydrogens is 326 g/mol. The minimum absolute atomic E-state index is 0.119. The highest BCUT2D eigenvalue weighted by Gasteiger charge is 2.16. The topological polar surface area (TPSA) is 109 Å². The molecule has 1 aromatic heterocycles. The first-order valence-electron chi connectivity index (χ1n) is 8.01. The van der Waals surface area contributed by atoms with Crippen LogP contribution in [0.4, 0.5) is 0 Å². The Bertz CT molecular complexity index is 1030. The number of allylic oxidation sites excluding steroid dienone is 1. The van der Waals surface area contributed by atoms with Gasteiger partial charge in [-0.1, -0.05) is 18.2 Å². The van der Waals surface area contributed by atoms with Crippen LogP contribution in [0.1, 0.15) is 15.9 Å². The van der Waals surface area contributed by atoms with Gasteiger partial charge in [-0.25, -0.2) is 10.9 Å². The van der Waals surface area contributed by atoms with E-state index in [2.05, 4.69) is 4.98 Å². The van der Waals surface area contributed by atoms with Crippen LogP contribution in [-0.2, 0) is 0 Å². The number of fused-ring (bicyclic) bond motifs is 1. The maximum atomic E-state index is 12.6. The summed E-state index contributed by atoms with van der Waals surface area (Å²) in [7, 11) is 0. The molecule has 1 heterocycles. The molecule has 3 rings (SSSR count). The number of hydrogen-bond acceptors (Lipinski definition) is 5. The Labute approximate surface area is 151 Å². The third-order valence-electron chi connectivity index (χ3n) is 4.25. The molecule has 1 amide bonds. The Kier molecular flexibility index (Phi) is 4.77. The van der Waals surface area contributed by atoms with E-state index in [9.17, 15) is 4.79 Å². The third kappa shape index (κ3) is 3.18. The van der Waals surface area contributed by atoms with Gasteiger partial charge in [-0.2, -0.15) is 0 Å². The van der Waals surface area contributed by atoms with Crippen LogP contribution in [0.5, 0.6) is 0 Å². The van der Waals surface area contributed by atoms with Crippen LogP contribution in [-0.4, -0.2) is 22.1 Å². The van der Waals surface area contributed by atoms with Crippen LogP contribution in [0.2, 0.25) is 0 Å². The SMILES string of the molecule is Cc1ccc(C(=O)N(N)/C(C=N)=C/N)cc1-c1ccc2ccncc2c1. The molecule has 0 aliphatic rings. The summed E-state index contributed by atoms with van der Waals surface area (Å²) in [6, 6.07) is 13.4. The van der Waals surface area contributed by atoms with E-state index in [1.165, 1.54) is 0 Å². The van der Waals surface area contributed by atoms with Gasteiger partial charge in [0.05, 0.1) is 5.70 Å². The molecule has 0 fully saturated rings. The zero-order chi connectivity index (χ0) is 18.7. The molecule has 0 bridgehead atoms. The highest BCUT2D eigenvalue weighted by atomic mass is 16.2. The lowest BCUT2D eigenvalue weighted by Gasteiger charge is -2.17. The average Bonchev–Trinajstić information content (AvgIpc) is 2.68. The van der Waals surface area contributed by atoms with Crippen molar-refractivity contribution in [3.63, 3.8) is 0 Å². The Balaban J connectivity index is 2.04. The highest BCUT2D eigenvalue weighted by molar-refractivity contribution is 5.99. The zero-order valence-electron chi connectivity index (χ0n) is 14.3. The van der Waals surface area contributed by atoms with Crippen LogP contribution in [0, 0.1) is 12.3 Å². The lowest BCUT2D eigenvalue weighted by molar-refractivity contribution is 0.0814. The maximum Gasteiger partial charge on any atom is 0.272 e. The van der Waals surface area contributed by atoms with E-state index in [0.29, 0.717) is 5.56 Å². The van der Waals surface area contributed by atoms with Crippen molar-refractivity contribution in [1.82, 2.24) is 9.99 Å². The fraction of sp³-hybridized carbons (Fsp3) is 0.0500. The molecule has 0 spiro atoms. The van der Waals surface area contributed by atoms with Crippen molar-refractivity contribution in [1.29, 1.82) is 5.41 Å². The fourth-order valence-electron chi connectivity index (χ4n) is 2.77. The molecule has 0 radical (unpaired) electrons. The minimum Gasteiger partial charge on any atom is -0.403 e. The van der Waals surface area contributed by atoms with Crippen LogP contribution in [0.25, 0.3) is 21.9 Å². The number of pyridine rings is 1. The van der Waals surface area contributed by atoms with Crippen molar-refractivity contribution in [2.24, 2.45) is 11.6 Å². The van der Waals surface area contributed by atoms with Gasteiger partial charge in [0.1, 0.15) is 0 Å². The van der Waals surface area contributed by atoms with Crippen LogP contribution in [0.3, 0.4) is 0 Å². The number of nitrogens with two attached hydrogens (primary N) is 2. The van der Waals surface area contributed by atoms with Gasteiger partial charge < -0.3 is 11.1 Å². The molecular formula is C20H19N5O. The van der Waals surface area contributed by atoms with E-state index in [0.717, 1.165) is 44.9 Å². The Hall–Kier alpha value is -3.51. The van der Waals surface area contributed by atoms with Gasteiger partial charge in [-0.3, -0.25) is 9.78 Å². The largest absolute Gasteiger partial charge is 0.403 e. The number of aryl methyl sites for hydroxylation is 1. The monoisotopic (exact) mass is 345 g/mol. The van der Waals surface area contributed by atoms with Gasteiger partial charge in [0.25, 0.3) is 5.91 Å². The molecule has 6 nitrogen and oxygen atoms in total. The fourth-order valence-corrected chi connectivity index (χ4v) is 2.77. The summed E-state index contributed by atoms with van der Waals surface area (Å²) in [5.74, 6) is 5.36. The van der Waals surface area contributed by atoms with E-state index in [1.807, 2.05) is 43.5 Å². The number of nitrogens with one attached hydrogen (secondary N) is 1. The van der Waals surface area contributed by atoms with Crippen molar-refractivity contribution in [2.75, 3.05) is 0 Å². The Morgan fingerprint density at radius 2 is 1.96 bits per heavy atom. The van der Waals surface area contributed by atoms with E-state index in [1.54, 1.807) is 18.3 Å². The number of amides is 1. The molecule has 0 unspecified atom stereocenters. The molecule has 0 saturated carbocycles. The number of aromatic nitrogens is 1. The van der Waals surface area contributed by atoms with Crippen LogP contribution < -0.4 is 11.6 Å². The van der Waals surface area contributed by atoms with Crippen molar-refractivity contribution in [3.8, 4) is 11.1 Å². The van der Waals surface area contributed by atoms with Gasteiger partial charge >= 0.3 is 0 Å². The quantitative estimate of drug-likeness (QED) is 0.292. The average molecular weight is 345 g/mol. The predicted octanol–water partition coefficient (Wildman–Crippen LogP) is 2.98. The number of carbonyl (C=O) groups excluding carboxylic acids is 1. The standard InChI is InChI=1S/C20H19N5O/c1-13-2-3-16(20(26)25(23)18(10-21)11-22)9-19(13)15-5-4-14-6-7-24-12-17(14)8-15/h2-12,21H,22-23H2,1H3/b18-11+,21-10?. The third-order valence-corrected chi connectivity index (χ3v) is 4.25. The molecule has 3 aromatic rings. The summed E-state index contributed by atoms with van der Waals surface area (Å²) in [5.41, 5.74) is 8.90. The predicted molar refractivity (Wildman–Crippen MR) is 103 cm³/mol. The zero-order valence-corrected chi connectivity index (χ0v) is 14.3. The molecule has 6 heteroatoms. The highest BCUT2D eigenvalue weighted by Crippen LogP contribution is 2.28. The van der Waals surface area contributed by atoms with Gasteiger partial charge in [-0.15, -0.1) is 0 Å². The Morgan fingerprint density at radius 3 is 2.69 bits per heavy atom. The van der Waals surface area contributed by atoms with E-state index in [4.69, 9.17) is 17.0 Å². The molecule has 5 N–H and O–H groups in total.